The van der Waals surface area contributed by atoms with Gasteiger partial charge < -0.3 is 11.1 Å². The van der Waals surface area contributed by atoms with Gasteiger partial charge in [0.25, 0.3) is 5.91 Å². The Hall–Kier alpha value is -1.22. The van der Waals surface area contributed by atoms with Gasteiger partial charge in [0.05, 0.1) is 10.7 Å². The predicted octanol–water partition coefficient (Wildman–Crippen LogP) is 3.87. The molecule has 19 heavy (non-hydrogen) atoms. The molecule has 1 aromatic rings. The van der Waals surface area contributed by atoms with Gasteiger partial charge in [-0.15, -0.1) is 0 Å². The highest BCUT2D eigenvalue weighted by Crippen LogP contribution is 2.19. The summed E-state index contributed by atoms with van der Waals surface area (Å²) in [6, 6.07) is 4.97. The molecule has 1 amide bonds. The zero-order chi connectivity index (χ0) is 14.3. The van der Waals surface area contributed by atoms with E-state index in [1.54, 1.807) is 18.2 Å². The standard InChI is InChI=1S/C15H23ClN2O/c1-3-5-6-11(4-2)10-18-15(19)12-7-8-14(17)13(16)9-12/h7-9,11H,3-6,10,17H2,1-2H3,(H,18,19). The van der Waals surface area contributed by atoms with Crippen molar-refractivity contribution in [3.8, 4) is 0 Å². The maximum Gasteiger partial charge on any atom is 0.251 e. The first-order chi connectivity index (χ1) is 9.08. The molecule has 1 unspecified atom stereocenters. The van der Waals surface area contributed by atoms with E-state index in [1.165, 1.54) is 12.8 Å². The number of nitrogens with one attached hydrogen (secondary N) is 1. The third-order valence-electron chi connectivity index (χ3n) is 3.36. The number of nitrogen functional groups attached to an aromatic ring is 1. The smallest absolute Gasteiger partial charge is 0.251 e. The Labute approximate surface area is 120 Å². The number of hydrogen-bond donors (Lipinski definition) is 2. The molecule has 0 heterocycles. The maximum atomic E-state index is 12.0. The SMILES string of the molecule is CCCCC(CC)CNC(=O)c1ccc(N)c(Cl)c1. The number of benzene rings is 1. The Morgan fingerprint density at radius 1 is 1.42 bits per heavy atom. The number of carbonyl (C=O) groups excluding carboxylic acids is 1. The number of nitrogens with two attached hydrogens (primary N) is 1. The molecule has 0 aliphatic rings. The quantitative estimate of drug-likeness (QED) is 0.746. The Kier molecular flexibility index (Phi) is 6.71. The van der Waals surface area contributed by atoms with Gasteiger partial charge in [0.15, 0.2) is 0 Å². The van der Waals surface area contributed by atoms with Gasteiger partial charge >= 0.3 is 0 Å². The summed E-state index contributed by atoms with van der Waals surface area (Å²) in [7, 11) is 0. The Bertz CT molecular complexity index is 421. The van der Waals surface area contributed by atoms with Gasteiger partial charge in [0.1, 0.15) is 0 Å². The molecule has 0 bridgehead atoms. The summed E-state index contributed by atoms with van der Waals surface area (Å²) in [6.07, 6.45) is 4.65. The van der Waals surface area contributed by atoms with Gasteiger partial charge in [0.2, 0.25) is 0 Å². The fraction of sp³-hybridized carbons (Fsp3) is 0.533. The van der Waals surface area contributed by atoms with Crippen LogP contribution in [0.5, 0.6) is 0 Å². The van der Waals surface area contributed by atoms with Crippen LogP contribution in [0, 0.1) is 5.92 Å². The van der Waals surface area contributed by atoms with Gasteiger partial charge in [-0.05, 0) is 30.5 Å². The molecule has 0 spiro atoms. The van der Waals surface area contributed by atoms with Crippen LogP contribution in [0.25, 0.3) is 0 Å². The van der Waals surface area contributed by atoms with E-state index < -0.39 is 0 Å². The molecule has 0 saturated heterocycles. The van der Waals surface area contributed by atoms with Crippen molar-refractivity contribution in [3.63, 3.8) is 0 Å². The molecule has 3 N–H and O–H groups in total. The highest BCUT2D eigenvalue weighted by atomic mass is 35.5. The minimum atomic E-state index is -0.0863. The first kappa shape index (κ1) is 15.8. The van der Waals surface area contributed by atoms with E-state index in [4.69, 9.17) is 17.3 Å². The third-order valence-corrected chi connectivity index (χ3v) is 3.68. The monoisotopic (exact) mass is 282 g/mol. The molecule has 0 radical (unpaired) electrons. The van der Waals surface area contributed by atoms with Crippen LogP contribution in [0.3, 0.4) is 0 Å². The maximum absolute atomic E-state index is 12.0. The summed E-state index contributed by atoms with van der Waals surface area (Å²) in [5, 5.41) is 3.39. The van der Waals surface area contributed by atoms with E-state index in [0.717, 1.165) is 19.4 Å². The van der Waals surface area contributed by atoms with Crippen LogP contribution in [0.1, 0.15) is 49.9 Å². The van der Waals surface area contributed by atoms with E-state index in [9.17, 15) is 4.79 Å². The summed E-state index contributed by atoms with van der Waals surface area (Å²) < 4.78 is 0. The van der Waals surface area contributed by atoms with E-state index in [-0.39, 0.29) is 5.91 Å². The first-order valence-corrected chi connectivity index (χ1v) is 7.29. The lowest BCUT2D eigenvalue weighted by Gasteiger charge is -2.15. The Balaban J connectivity index is 2.52. The summed E-state index contributed by atoms with van der Waals surface area (Å²) >= 11 is 5.91. The van der Waals surface area contributed by atoms with Crippen molar-refractivity contribution in [3.05, 3.63) is 28.8 Å². The zero-order valence-corrected chi connectivity index (χ0v) is 12.5. The summed E-state index contributed by atoms with van der Waals surface area (Å²) in [4.78, 5) is 12.0. The lowest BCUT2D eigenvalue weighted by molar-refractivity contribution is 0.0946. The molecule has 0 fully saturated rings. The van der Waals surface area contributed by atoms with Gasteiger partial charge in [-0.2, -0.15) is 0 Å². The number of unbranched alkanes of at least 4 members (excludes halogenated alkanes) is 1. The van der Waals surface area contributed by atoms with Crippen molar-refractivity contribution in [1.82, 2.24) is 5.32 Å². The Morgan fingerprint density at radius 2 is 2.16 bits per heavy atom. The van der Waals surface area contributed by atoms with Crippen molar-refractivity contribution in [2.24, 2.45) is 5.92 Å². The van der Waals surface area contributed by atoms with Crippen LogP contribution in [0.15, 0.2) is 18.2 Å². The van der Waals surface area contributed by atoms with Crippen LogP contribution in [-0.4, -0.2) is 12.5 Å². The van der Waals surface area contributed by atoms with Crippen molar-refractivity contribution in [2.75, 3.05) is 12.3 Å². The van der Waals surface area contributed by atoms with Crippen molar-refractivity contribution in [2.45, 2.75) is 39.5 Å². The number of halogens is 1. The van der Waals surface area contributed by atoms with Crippen LogP contribution < -0.4 is 11.1 Å². The highest BCUT2D eigenvalue weighted by molar-refractivity contribution is 6.33. The topological polar surface area (TPSA) is 55.1 Å². The van der Waals surface area contributed by atoms with Crippen molar-refractivity contribution >= 4 is 23.2 Å². The molecule has 106 valence electrons. The zero-order valence-electron chi connectivity index (χ0n) is 11.7. The molecular formula is C15H23ClN2O. The van der Waals surface area contributed by atoms with Crippen LogP contribution >= 0.6 is 11.6 Å². The lowest BCUT2D eigenvalue weighted by atomic mass is 9.99. The number of amides is 1. The third kappa shape index (κ3) is 5.11. The number of rotatable bonds is 7. The molecule has 1 aromatic carbocycles. The number of hydrogen-bond acceptors (Lipinski definition) is 2. The second-order valence-electron chi connectivity index (χ2n) is 4.86. The molecule has 0 aromatic heterocycles. The van der Waals surface area contributed by atoms with Crippen LogP contribution in [0.4, 0.5) is 5.69 Å². The minimum Gasteiger partial charge on any atom is -0.398 e. The fourth-order valence-electron chi connectivity index (χ4n) is 1.95. The fourth-order valence-corrected chi connectivity index (χ4v) is 2.13. The normalized spacial score (nSPS) is 12.2. The second-order valence-corrected chi connectivity index (χ2v) is 5.27. The van der Waals surface area contributed by atoms with E-state index in [0.29, 0.717) is 22.2 Å². The van der Waals surface area contributed by atoms with E-state index >= 15 is 0 Å². The summed E-state index contributed by atoms with van der Waals surface area (Å²) in [5.74, 6) is 0.463. The van der Waals surface area contributed by atoms with Crippen molar-refractivity contribution < 1.29 is 4.79 Å². The van der Waals surface area contributed by atoms with Crippen LogP contribution in [0.2, 0.25) is 5.02 Å². The van der Waals surface area contributed by atoms with Gasteiger partial charge in [-0.25, -0.2) is 0 Å². The van der Waals surface area contributed by atoms with E-state index in [2.05, 4.69) is 19.2 Å². The second kappa shape index (κ2) is 8.05. The van der Waals surface area contributed by atoms with Crippen LogP contribution in [-0.2, 0) is 0 Å². The molecule has 1 atom stereocenters. The molecular weight excluding hydrogens is 260 g/mol. The minimum absolute atomic E-state index is 0.0863. The average molecular weight is 283 g/mol. The number of carbonyl (C=O) groups is 1. The molecule has 4 heteroatoms. The van der Waals surface area contributed by atoms with E-state index in [1.807, 2.05) is 0 Å². The molecule has 0 saturated carbocycles. The molecule has 0 aliphatic heterocycles. The average Bonchev–Trinajstić information content (AvgIpc) is 2.41. The summed E-state index contributed by atoms with van der Waals surface area (Å²) in [6.45, 7) is 5.06. The van der Waals surface area contributed by atoms with Gasteiger partial charge in [-0.3, -0.25) is 4.79 Å². The molecule has 0 aliphatic carbocycles. The predicted molar refractivity (Wildman–Crippen MR) is 81.5 cm³/mol. The number of anilines is 1. The van der Waals surface area contributed by atoms with Gasteiger partial charge in [-0.1, -0.05) is 44.7 Å². The van der Waals surface area contributed by atoms with Gasteiger partial charge in [0, 0.05) is 12.1 Å². The largest absolute Gasteiger partial charge is 0.398 e. The molecule has 1 rings (SSSR count). The first-order valence-electron chi connectivity index (χ1n) is 6.91. The van der Waals surface area contributed by atoms with Crippen molar-refractivity contribution in [1.29, 1.82) is 0 Å². The summed E-state index contributed by atoms with van der Waals surface area (Å²) in [5.41, 5.74) is 6.68. The highest BCUT2D eigenvalue weighted by Gasteiger charge is 2.10. The Morgan fingerprint density at radius 3 is 2.74 bits per heavy atom. The molecule has 3 nitrogen and oxygen atoms in total. The lowest BCUT2D eigenvalue weighted by Crippen LogP contribution is -2.29.